The first kappa shape index (κ1) is 15.3. The van der Waals surface area contributed by atoms with Crippen molar-refractivity contribution in [3.8, 4) is 0 Å². The summed E-state index contributed by atoms with van der Waals surface area (Å²) in [6.45, 7) is 11.1. The molecular formula is C17H29N3. The minimum Gasteiger partial charge on any atom is -0.356 e. The van der Waals surface area contributed by atoms with Crippen LogP contribution in [0.5, 0.6) is 0 Å². The average Bonchev–Trinajstić information content (AvgIpc) is 2.47. The Morgan fingerprint density at radius 3 is 2.75 bits per heavy atom. The number of nitrogens with zero attached hydrogens (tertiary/aromatic N) is 2. The lowest BCUT2D eigenvalue weighted by Gasteiger charge is -2.33. The summed E-state index contributed by atoms with van der Waals surface area (Å²) < 4.78 is 0. The molecule has 0 saturated carbocycles. The zero-order chi connectivity index (χ0) is 14.4. The topological polar surface area (TPSA) is 28.2 Å². The third-order valence-corrected chi connectivity index (χ3v) is 4.23. The maximum Gasteiger partial charge on any atom is 0.133 e. The molecule has 0 atom stereocenters. The van der Waals surface area contributed by atoms with E-state index in [9.17, 15) is 0 Å². The molecule has 1 fully saturated rings. The van der Waals surface area contributed by atoms with Gasteiger partial charge >= 0.3 is 0 Å². The van der Waals surface area contributed by atoms with Crippen molar-refractivity contribution in [3.63, 3.8) is 0 Å². The van der Waals surface area contributed by atoms with Crippen molar-refractivity contribution < 1.29 is 0 Å². The van der Waals surface area contributed by atoms with Crippen molar-refractivity contribution in [1.82, 2.24) is 10.3 Å². The van der Waals surface area contributed by atoms with Crippen molar-refractivity contribution in [3.05, 3.63) is 23.9 Å². The van der Waals surface area contributed by atoms with Crippen molar-refractivity contribution in [1.29, 1.82) is 0 Å². The van der Waals surface area contributed by atoms with Gasteiger partial charge < -0.3 is 10.2 Å². The highest BCUT2D eigenvalue weighted by Crippen LogP contribution is 2.25. The van der Waals surface area contributed by atoms with E-state index in [0.29, 0.717) is 5.92 Å². The molecule has 1 aromatic heterocycles. The summed E-state index contributed by atoms with van der Waals surface area (Å²) in [5.74, 6) is 2.80. The lowest BCUT2D eigenvalue weighted by Crippen LogP contribution is -2.35. The van der Waals surface area contributed by atoms with Gasteiger partial charge in [-0.2, -0.15) is 0 Å². The van der Waals surface area contributed by atoms with Crippen molar-refractivity contribution in [2.24, 2.45) is 11.8 Å². The predicted octanol–water partition coefficient (Wildman–Crippen LogP) is 3.45. The van der Waals surface area contributed by atoms with Crippen LogP contribution in [0.4, 0.5) is 5.82 Å². The molecule has 2 rings (SSSR count). The quantitative estimate of drug-likeness (QED) is 0.862. The Balaban J connectivity index is 1.97. The van der Waals surface area contributed by atoms with Crippen LogP contribution < -0.4 is 10.2 Å². The fourth-order valence-electron chi connectivity index (χ4n) is 2.90. The van der Waals surface area contributed by atoms with Gasteiger partial charge in [-0.25, -0.2) is 4.98 Å². The summed E-state index contributed by atoms with van der Waals surface area (Å²) in [5, 5.41) is 3.53. The molecule has 1 aliphatic rings. The van der Waals surface area contributed by atoms with E-state index in [1.54, 1.807) is 0 Å². The van der Waals surface area contributed by atoms with E-state index >= 15 is 0 Å². The van der Waals surface area contributed by atoms with Gasteiger partial charge in [0.05, 0.1) is 0 Å². The monoisotopic (exact) mass is 275 g/mol. The molecule has 0 aromatic carbocycles. The highest BCUT2D eigenvalue weighted by Gasteiger charge is 2.20. The minimum atomic E-state index is 0.690. The van der Waals surface area contributed by atoms with Crippen LogP contribution in [0.1, 0.15) is 45.6 Å². The van der Waals surface area contributed by atoms with E-state index < -0.39 is 0 Å². The van der Waals surface area contributed by atoms with Crippen molar-refractivity contribution in [2.45, 2.75) is 46.6 Å². The number of pyridine rings is 1. The van der Waals surface area contributed by atoms with Crippen molar-refractivity contribution >= 4 is 5.82 Å². The highest BCUT2D eigenvalue weighted by molar-refractivity contribution is 5.47. The number of piperidine rings is 1. The van der Waals surface area contributed by atoms with Crippen molar-refractivity contribution in [2.75, 3.05) is 24.5 Å². The molecule has 0 aliphatic carbocycles. The predicted molar refractivity (Wildman–Crippen MR) is 86.0 cm³/mol. The van der Waals surface area contributed by atoms with Crippen LogP contribution in [-0.2, 0) is 6.54 Å². The summed E-state index contributed by atoms with van der Waals surface area (Å²) in [7, 11) is 0. The third-order valence-electron chi connectivity index (χ3n) is 4.23. The summed E-state index contributed by atoms with van der Waals surface area (Å²) in [4.78, 5) is 7.11. The van der Waals surface area contributed by atoms with Crippen LogP contribution in [0.15, 0.2) is 18.3 Å². The molecule has 0 radical (unpaired) electrons. The Bertz CT molecular complexity index is 395. The van der Waals surface area contributed by atoms with Gasteiger partial charge in [-0.05, 0) is 37.3 Å². The van der Waals surface area contributed by atoms with E-state index in [2.05, 4.69) is 48.1 Å². The summed E-state index contributed by atoms with van der Waals surface area (Å²) >= 11 is 0. The fourth-order valence-corrected chi connectivity index (χ4v) is 2.90. The molecule has 112 valence electrons. The normalized spacial score (nSPS) is 16.9. The van der Waals surface area contributed by atoms with E-state index in [1.165, 1.54) is 30.6 Å². The lowest BCUT2D eigenvalue weighted by atomic mass is 9.94. The van der Waals surface area contributed by atoms with Crippen LogP contribution in [0.3, 0.4) is 0 Å². The number of nitrogens with one attached hydrogen (secondary N) is 1. The molecule has 0 bridgehead atoms. The van der Waals surface area contributed by atoms with Gasteiger partial charge in [0.1, 0.15) is 5.82 Å². The Morgan fingerprint density at radius 1 is 1.35 bits per heavy atom. The van der Waals surface area contributed by atoms with E-state index in [0.717, 1.165) is 32.1 Å². The molecule has 0 spiro atoms. The van der Waals surface area contributed by atoms with Crippen LogP contribution in [0.25, 0.3) is 0 Å². The first-order chi connectivity index (χ1) is 9.70. The Hall–Kier alpha value is -1.09. The van der Waals surface area contributed by atoms with Gasteiger partial charge in [0.25, 0.3) is 0 Å². The molecule has 0 amide bonds. The largest absolute Gasteiger partial charge is 0.356 e. The van der Waals surface area contributed by atoms with Gasteiger partial charge in [-0.1, -0.05) is 33.3 Å². The first-order valence-electron chi connectivity index (χ1n) is 8.10. The molecular weight excluding hydrogens is 246 g/mol. The molecule has 1 aliphatic heterocycles. The number of hydrogen-bond donors (Lipinski definition) is 1. The molecule has 1 saturated heterocycles. The lowest BCUT2D eigenvalue weighted by molar-refractivity contribution is 0.393. The van der Waals surface area contributed by atoms with Gasteiger partial charge in [-0.15, -0.1) is 0 Å². The molecule has 3 nitrogen and oxygen atoms in total. The fraction of sp³-hybridized carbons (Fsp3) is 0.706. The molecule has 0 unspecified atom stereocenters. The maximum absolute atomic E-state index is 4.64. The van der Waals surface area contributed by atoms with Gasteiger partial charge in [0.15, 0.2) is 0 Å². The summed E-state index contributed by atoms with van der Waals surface area (Å²) in [6, 6.07) is 4.26. The zero-order valence-corrected chi connectivity index (χ0v) is 13.2. The van der Waals surface area contributed by atoms with Crippen LogP contribution in [0.2, 0.25) is 0 Å². The molecule has 1 aromatic rings. The van der Waals surface area contributed by atoms with Crippen LogP contribution in [0, 0.1) is 11.8 Å². The molecule has 20 heavy (non-hydrogen) atoms. The number of aromatic nitrogens is 1. The number of rotatable bonds is 6. The summed E-state index contributed by atoms with van der Waals surface area (Å²) in [6.07, 6.45) is 5.87. The molecule has 1 N–H and O–H groups in total. The second-order valence-corrected chi connectivity index (χ2v) is 6.35. The second-order valence-electron chi connectivity index (χ2n) is 6.35. The Morgan fingerprint density at radius 2 is 2.10 bits per heavy atom. The number of hydrogen-bond acceptors (Lipinski definition) is 3. The zero-order valence-electron chi connectivity index (χ0n) is 13.2. The smallest absolute Gasteiger partial charge is 0.133 e. The average molecular weight is 275 g/mol. The number of anilines is 1. The second kappa shape index (κ2) is 7.63. The van der Waals surface area contributed by atoms with Gasteiger partial charge in [-0.3, -0.25) is 0 Å². The van der Waals surface area contributed by atoms with Gasteiger partial charge in [0, 0.05) is 31.4 Å². The van der Waals surface area contributed by atoms with Crippen LogP contribution >= 0.6 is 0 Å². The van der Waals surface area contributed by atoms with E-state index in [-0.39, 0.29) is 0 Å². The molecule has 2 heterocycles. The van der Waals surface area contributed by atoms with Gasteiger partial charge in [0.2, 0.25) is 0 Å². The summed E-state index contributed by atoms with van der Waals surface area (Å²) in [5.41, 5.74) is 1.34. The third kappa shape index (κ3) is 4.20. The van der Waals surface area contributed by atoms with E-state index in [1.807, 2.05) is 6.20 Å². The Labute approximate surface area is 123 Å². The molecule has 3 heteroatoms. The minimum absolute atomic E-state index is 0.690. The maximum atomic E-state index is 4.64. The van der Waals surface area contributed by atoms with E-state index in [4.69, 9.17) is 0 Å². The SMILES string of the molecule is CCC1CCN(c2ncccc2CNCC(C)C)CC1. The highest BCUT2D eigenvalue weighted by atomic mass is 15.2. The van der Waals surface area contributed by atoms with Crippen LogP contribution in [-0.4, -0.2) is 24.6 Å². The standard InChI is InChI=1S/C17H29N3/c1-4-15-7-10-20(11-8-15)17-16(6-5-9-19-17)13-18-12-14(2)3/h5-6,9,14-15,18H,4,7-8,10-13H2,1-3H3. The Kier molecular flexibility index (Phi) is 5.84. The first-order valence-corrected chi connectivity index (χ1v) is 8.10.